The van der Waals surface area contributed by atoms with Crippen molar-refractivity contribution in [3.63, 3.8) is 0 Å². The Kier molecular flexibility index (Phi) is 3.24. The molecule has 0 radical (unpaired) electrons. The number of hydrogen-bond donors (Lipinski definition) is 2. The predicted octanol–water partition coefficient (Wildman–Crippen LogP) is 0.473. The van der Waals surface area contributed by atoms with E-state index < -0.39 is 0 Å². The van der Waals surface area contributed by atoms with E-state index in [0.717, 1.165) is 18.8 Å². The Hall–Kier alpha value is -2.57. The highest BCUT2D eigenvalue weighted by Crippen LogP contribution is 2.21. The number of carbonyl (C=O) groups is 1. The van der Waals surface area contributed by atoms with Gasteiger partial charge in [0.2, 0.25) is 0 Å². The zero-order chi connectivity index (χ0) is 13.9. The number of hydrogen-bond acceptors (Lipinski definition) is 5. The maximum Gasteiger partial charge on any atom is 0.276 e. The van der Waals surface area contributed by atoms with Crippen molar-refractivity contribution in [2.75, 3.05) is 31.1 Å². The van der Waals surface area contributed by atoms with Gasteiger partial charge in [-0.25, -0.2) is 0 Å². The summed E-state index contributed by atoms with van der Waals surface area (Å²) in [6, 6.07) is 7.15. The van der Waals surface area contributed by atoms with Crippen molar-refractivity contribution in [2.24, 2.45) is 0 Å². The molecule has 1 aliphatic heterocycles. The van der Waals surface area contributed by atoms with Crippen molar-refractivity contribution >= 4 is 11.6 Å². The van der Waals surface area contributed by atoms with Gasteiger partial charge in [-0.3, -0.25) is 4.79 Å². The molecule has 0 saturated carbocycles. The number of piperazine rings is 1. The lowest BCUT2D eigenvalue weighted by Gasteiger charge is -2.35. The summed E-state index contributed by atoms with van der Waals surface area (Å²) in [6.45, 7) is 2.71. The Morgan fingerprint density at radius 2 is 2.05 bits per heavy atom. The molecular formula is C13H15N5O2. The smallest absolute Gasteiger partial charge is 0.276 e. The van der Waals surface area contributed by atoms with Gasteiger partial charge in [-0.05, 0) is 12.1 Å². The van der Waals surface area contributed by atoms with Gasteiger partial charge in [0, 0.05) is 37.9 Å². The highest BCUT2D eigenvalue weighted by molar-refractivity contribution is 5.92. The molecule has 1 amide bonds. The van der Waals surface area contributed by atoms with Crippen LogP contribution in [0.15, 0.2) is 30.5 Å². The summed E-state index contributed by atoms with van der Waals surface area (Å²) < 4.78 is 0. The third-order valence-corrected chi connectivity index (χ3v) is 3.40. The predicted molar refractivity (Wildman–Crippen MR) is 72.6 cm³/mol. The van der Waals surface area contributed by atoms with Crippen LogP contribution in [0.5, 0.6) is 5.75 Å². The molecule has 0 bridgehead atoms. The van der Waals surface area contributed by atoms with Crippen LogP contribution >= 0.6 is 0 Å². The molecule has 1 saturated heterocycles. The van der Waals surface area contributed by atoms with E-state index in [1.165, 1.54) is 6.20 Å². The van der Waals surface area contributed by atoms with Crippen LogP contribution in [-0.2, 0) is 0 Å². The molecule has 0 spiro atoms. The van der Waals surface area contributed by atoms with E-state index in [0.29, 0.717) is 18.8 Å². The first-order chi connectivity index (χ1) is 9.74. The Morgan fingerprint density at radius 1 is 1.25 bits per heavy atom. The van der Waals surface area contributed by atoms with Crippen LogP contribution in [0.25, 0.3) is 0 Å². The lowest BCUT2D eigenvalue weighted by Crippen LogP contribution is -2.48. The summed E-state index contributed by atoms with van der Waals surface area (Å²) in [4.78, 5) is 16.0. The van der Waals surface area contributed by atoms with Crippen LogP contribution in [-0.4, -0.2) is 57.5 Å². The number of rotatable bonds is 2. The highest BCUT2D eigenvalue weighted by Gasteiger charge is 2.23. The van der Waals surface area contributed by atoms with Gasteiger partial charge in [0.15, 0.2) is 5.69 Å². The number of amides is 1. The van der Waals surface area contributed by atoms with E-state index in [9.17, 15) is 9.90 Å². The number of phenols is 1. The molecule has 1 fully saturated rings. The minimum atomic E-state index is -0.102. The second-order valence-electron chi connectivity index (χ2n) is 4.65. The number of nitrogens with one attached hydrogen (secondary N) is 1. The summed E-state index contributed by atoms with van der Waals surface area (Å²) in [5.74, 6) is 0.151. The number of H-pyrrole nitrogens is 1. The molecule has 0 atom stereocenters. The van der Waals surface area contributed by atoms with E-state index in [1.807, 2.05) is 12.1 Å². The molecule has 1 aliphatic rings. The molecule has 20 heavy (non-hydrogen) atoms. The Balaban J connectivity index is 1.64. The minimum Gasteiger partial charge on any atom is -0.508 e. The summed E-state index contributed by atoms with van der Waals surface area (Å²) in [5.41, 5.74) is 1.31. The molecule has 2 aromatic rings. The topological polar surface area (TPSA) is 85.4 Å². The minimum absolute atomic E-state index is 0.102. The van der Waals surface area contributed by atoms with Crippen LogP contribution in [0.1, 0.15) is 10.5 Å². The Bertz CT molecular complexity index is 591. The lowest BCUT2D eigenvalue weighted by atomic mass is 10.2. The second kappa shape index (κ2) is 5.20. The fourth-order valence-electron chi connectivity index (χ4n) is 2.32. The van der Waals surface area contributed by atoms with Crippen molar-refractivity contribution in [1.82, 2.24) is 20.3 Å². The molecule has 0 aliphatic carbocycles. The number of nitrogens with zero attached hydrogens (tertiary/aromatic N) is 4. The summed E-state index contributed by atoms with van der Waals surface area (Å²) >= 11 is 0. The van der Waals surface area contributed by atoms with Gasteiger partial charge in [-0.15, -0.1) is 0 Å². The zero-order valence-electron chi connectivity index (χ0n) is 10.9. The van der Waals surface area contributed by atoms with Crippen LogP contribution in [0.4, 0.5) is 5.69 Å². The first-order valence-electron chi connectivity index (χ1n) is 6.43. The molecule has 7 nitrogen and oxygen atoms in total. The van der Waals surface area contributed by atoms with Gasteiger partial charge in [0.25, 0.3) is 5.91 Å². The number of benzene rings is 1. The summed E-state index contributed by atoms with van der Waals surface area (Å²) in [5, 5.41) is 19.4. The maximum atomic E-state index is 12.1. The Morgan fingerprint density at radius 3 is 2.70 bits per heavy atom. The van der Waals surface area contributed by atoms with Gasteiger partial charge >= 0.3 is 0 Å². The normalized spacial score (nSPS) is 15.4. The average molecular weight is 273 g/mol. The van der Waals surface area contributed by atoms with Crippen LogP contribution in [0.2, 0.25) is 0 Å². The molecular weight excluding hydrogens is 258 g/mol. The third kappa shape index (κ3) is 2.42. The first-order valence-corrected chi connectivity index (χ1v) is 6.43. The van der Waals surface area contributed by atoms with E-state index in [-0.39, 0.29) is 11.7 Å². The number of carbonyl (C=O) groups excluding carboxylic acids is 1. The molecule has 104 valence electrons. The van der Waals surface area contributed by atoms with Gasteiger partial charge < -0.3 is 14.9 Å². The molecule has 2 heterocycles. The maximum absolute atomic E-state index is 12.1. The quantitative estimate of drug-likeness (QED) is 0.831. The van der Waals surface area contributed by atoms with Crippen LogP contribution in [0, 0.1) is 0 Å². The highest BCUT2D eigenvalue weighted by atomic mass is 16.3. The first kappa shape index (κ1) is 12.5. The van der Waals surface area contributed by atoms with Gasteiger partial charge in [0.05, 0.1) is 6.20 Å². The van der Waals surface area contributed by atoms with E-state index in [4.69, 9.17) is 0 Å². The van der Waals surface area contributed by atoms with Gasteiger partial charge in [-0.2, -0.15) is 15.4 Å². The molecule has 2 N–H and O–H groups in total. The SMILES string of the molecule is O=C(c1cn[nH]n1)N1CCN(c2cccc(O)c2)CC1. The Labute approximate surface area is 115 Å². The van der Waals surface area contributed by atoms with Gasteiger partial charge in [0.1, 0.15) is 5.75 Å². The second-order valence-corrected chi connectivity index (χ2v) is 4.65. The number of anilines is 1. The standard InChI is InChI=1S/C13H15N5O2/c19-11-3-1-2-10(8-11)17-4-6-18(7-5-17)13(20)12-9-14-16-15-12/h1-3,8-9,19H,4-7H2,(H,14,15,16). The van der Waals surface area contributed by atoms with E-state index in [2.05, 4.69) is 20.3 Å². The summed E-state index contributed by atoms with van der Waals surface area (Å²) in [6.07, 6.45) is 1.43. The van der Waals surface area contributed by atoms with Crippen molar-refractivity contribution < 1.29 is 9.90 Å². The zero-order valence-corrected chi connectivity index (χ0v) is 10.9. The van der Waals surface area contributed by atoms with Crippen LogP contribution in [0.3, 0.4) is 0 Å². The van der Waals surface area contributed by atoms with Gasteiger partial charge in [-0.1, -0.05) is 6.07 Å². The van der Waals surface area contributed by atoms with Crippen molar-refractivity contribution in [2.45, 2.75) is 0 Å². The van der Waals surface area contributed by atoms with E-state index >= 15 is 0 Å². The molecule has 3 rings (SSSR count). The van der Waals surface area contributed by atoms with Crippen molar-refractivity contribution in [3.05, 3.63) is 36.2 Å². The number of aromatic hydroxyl groups is 1. The number of aromatic nitrogens is 3. The van der Waals surface area contributed by atoms with E-state index in [1.54, 1.807) is 17.0 Å². The molecule has 1 aromatic heterocycles. The molecule has 0 unspecified atom stereocenters. The monoisotopic (exact) mass is 273 g/mol. The molecule has 7 heteroatoms. The largest absolute Gasteiger partial charge is 0.508 e. The summed E-state index contributed by atoms with van der Waals surface area (Å²) in [7, 11) is 0. The van der Waals surface area contributed by atoms with Crippen molar-refractivity contribution in [1.29, 1.82) is 0 Å². The number of phenolic OH excluding ortho intramolecular Hbond substituents is 1. The lowest BCUT2D eigenvalue weighted by molar-refractivity contribution is 0.0740. The fraction of sp³-hybridized carbons (Fsp3) is 0.308. The van der Waals surface area contributed by atoms with Crippen LogP contribution < -0.4 is 4.90 Å². The average Bonchev–Trinajstić information content (AvgIpc) is 3.01. The number of aromatic amines is 1. The van der Waals surface area contributed by atoms with Crippen molar-refractivity contribution in [3.8, 4) is 5.75 Å². The fourth-order valence-corrected chi connectivity index (χ4v) is 2.32. The molecule has 1 aromatic carbocycles. The third-order valence-electron chi connectivity index (χ3n) is 3.40.